The Kier molecular flexibility index (Phi) is 6.42. The summed E-state index contributed by atoms with van der Waals surface area (Å²) in [6.07, 6.45) is 0. The molecule has 3 rings (SSSR count). The molecule has 0 unspecified atom stereocenters. The number of hydrogen-bond donors (Lipinski definition) is 1. The first-order valence-corrected chi connectivity index (χ1v) is 9.38. The lowest BCUT2D eigenvalue weighted by Gasteiger charge is -2.32. The third kappa shape index (κ3) is 4.64. The molecule has 6 heteroatoms. The zero-order valence-corrected chi connectivity index (χ0v) is 16.4. The normalized spacial score (nSPS) is 15.0. The summed E-state index contributed by atoms with van der Waals surface area (Å²) < 4.78 is 5.13. The first-order chi connectivity index (χ1) is 13.1. The van der Waals surface area contributed by atoms with Gasteiger partial charge in [-0.15, -0.1) is 0 Å². The maximum Gasteiger partial charge on any atom is 0.257 e. The number of aromatic nitrogens is 1. The average molecular weight is 368 g/mol. The van der Waals surface area contributed by atoms with Crippen molar-refractivity contribution in [3.63, 3.8) is 0 Å². The minimum Gasteiger partial charge on any atom is -0.383 e. The highest BCUT2D eigenvalue weighted by Crippen LogP contribution is 2.25. The monoisotopic (exact) mass is 368 g/mol. The number of carbonyl (C=O) groups excluding carboxylic acids is 1. The van der Waals surface area contributed by atoms with Crippen LogP contribution in [0.15, 0.2) is 36.4 Å². The predicted octanol–water partition coefficient (Wildman–Crippen LogP) is 2.50. The Morgan fingerprint density at radius 3 is 2.59 bits per heavy atom. The molecule has 1 aliphatic heterocycles. The molecule has 2 heterocycles. The molecule has 1 aliphatic rings. The van der Waals surface area contributed by atoms with Crippen LogP contribution in [0.3, 0.4) is 0 Å². The van der Waals surface area contributed by atoms with Crippen LogP contribution in [-0.4, -0.2) is 74.2 Å². The van der Waals surface area contributed by atoms with E-state index >= 15 is 0 Å². The molecule has 1 amide bonds. The van der Waals surface area contributed by atoms with Crippen LogP contribution < -0.4 is 5.32 Å². The number of benzene rings is 1. The first kappa shape index (κ1) is 19.3. The van der Waals surface area contributed by atoms with Crippen molar-refractivity contribution in [2.24, 2.45) is 0 Å². The van der Waals surface area contributed by atoms with Gasteiger partial charge in [0.15, 0.2) is 0 Å². The topological polar surface area (TPSA) is 57.7 Å². The summed E-state index contributed by atoms with van der Waals surface area (Å²) in [6, 6.07) is 12.0. The molecular formula is C21H28N4O2. The molecule has 0 spiro atoms. The Bertz CT molecular complexity index is 786. The van der Waals surface area contributed by atoms with E-state index in [1.54, 1.807) is 7.11 Å². The minimum atomic E-state index is 0.0341. The summed E-state index contributed by atoms with van der Waals surface area (Å²) in [5.74, 6) is 0.656. The molecule has 1 saturated heterocycles. The van der Waals surface area contributed by atoms with E-state index in [-0.39, 0.29) is 5.91 Å². The number of rotatable bonds is 6. The number of piperazine rings is 1. The van der Waals surface area contributed by atoms with E-state index in [0.29, 0.717) is 24.5 Å². The summed E-state index contributed by atoms with van der Waals surface area (Å²) in [7, 11) is 3.74. The van der Waals surface area contributed by atoms with Crippen LogP contribution in [0.5, 0.6) is 0 Å². The van der Waals surface area contributed by atoms with E-state index in [1.165, 1.54) is 0 Å². The molecule has 0 atom stereocenters. The number of methoxy groups -OCH3 is 1. The largest absolute Gasteiger partial charge is 0.383 e. The molecule has 0 aliphatic carbocycles. The summed E-state index contributed by atoms with van der Waals surface area (Å²) in [5.41, 5.74) is 3.72. The van der Waals surface area contributed by atoms with Crippen LogP contribution >= 0.6 is 0 Å². The van der Waals surface area contributed by atoms with Crippen molar-refractivity contribution in [3.05, 3.63) is 47.5 Å². The van der Waals surface area contributed by atoms with Gasteiger partial charge in [0.25, 0.3) is 5.91 Å². The number of aryl methyl sites for hydroxylation is 1. The zero-order chi connectivity index (χ0) is 19.2. The lowest BCUT2D eigenvalue weighted by molar-refractivity contribution is 0.0664. The smallest absolute Gasteiger partial charge is 0.257 e. The molecule has 0 saturated carbocycles. The van der Waals surface area contributed by atoms with E-state index in [2.05, 4.69) is 36.3 Å². The van der Waals surface area contributed by atoms with Gasteiger partial charge in [0.1, 0.15) is 5.82 Å². The van der Waals surface area contributed by atoms with Gasteiger partial charge in [0, 0.05) is 45.4 Å². The van der Waals surface area contributed by atoms with Crippen molar-refractivity contribution in [2.45, 2.75) is 6.92 Å². The number of anilines is 1. The number of likely N-dealkylation sites (N-methyl/N-ethyl adjacent to an activating group) is 1. The summed E-state index contributed by atoms with van der Waals surface area (Å²) in [6.45, 7) is 6.50. The number of pyridine rings is 1. The first-order valence-electron chi connectivity index (χ1n) is 9.38. The Balaban J connectivity index is 1.90. The van der Waals surface area contributed by atoms with Gasteiger partial charge in [-0.05, 0) is 31.7 Å². The van der Waals surface area contributed by atoms with Crippen molar-refractivity contribution >= 4 is 11.7 Å². The number of amides is 1. The van der Waals surface area contributed by atoms with E-state index in [4.69, 9.17) is 9.72 Å². The number of nitrogens with one attached hydrogen (secondary N) is 1. The van der Waals surface area contributed by atoms with Crippen molar-refractivity contribution in [2.75, 3.05) is 58.8 Å². The maximum atomic E-state index is 13.1. The van der Waals surface area contributed by atoms with Gasteiger partial charge in [-0.3, -0.25) is 4.79 Å². The van der Waals surface area contributed by atoms with Crippen LogP contribution in [0, 0.1) is 6.92 Å². The molecule has 1 N–H and O–H groups in total. The fourth-order valence-corrected chi connectivity index (χ4v) is 3.23. The lowest BCUT2D eigenvalue weighted by Crippen LogP contribution is -2.47. The van der Waals surface area contributed by atoms with Gasteiger partial charge >= 0.3 is 0 Å². The SMILES string of the molecule is COCCNc1nc(-c2ccccc2C)ccc1C(=O)N1CCN(C)CC1. The van der Waals surface area contributed by atoms with Gasteiger partial charge in [-0.1, -0.05) is 24.3 Å². The Hall–Kier alpha value is -2.44. The van der Waals surface area contributed by atoms with Crippen LogP contribution in [0.1, 0.15) is 15.9 Å². The molecule has 0 bridgehead atoms. The Morgan fingerprint density at radius 1 is 1.15 bits per heavy atom. The molecule has 2 aromatic rings. The van der Waals surface area contributed by atoms with Gasteiger partial charge in [-0.25, -0.2) is 4.98 Å². The average Bonchev–Trinajstić information content (AvgIpc) is 2.68. The second kappa shape index (κ2) is 8.97. The highest BCUT2D eigenvalue weighted by atomic mass is 16.5. The Morgan fingerprint density at radius 2 is 1.89 bits per heavy atom. The van der Waals surface area contributed by atoms with Crippen molar-refractivity contribution in [1.82, 2.24) is 14.8 Å². The van der Waals surface area contributed by atoms with Gasteiger partial charge in [0.05, 0.1) is 17.9 Å². The predicted molar refractivity (Wildman–Crippen MR) is 108 cm³/mol. The molecular weight excluding hydrogens is 340 g/mol. The lowest BCUT2D eigenvalue weighted by atomic mass is 10.0. The third-order valence-electron chi connectivity index (χ3n) is 4.94. The van der Waals surface area contributed by atoms with Crippen molar-refractivity contribution < 1.29 is 9.53 Å². The quantitative estimate of drug-likeness (QED) is 0.794. The van der Waals surface area contributed by atoms with Gasteiger partial charge in [0.2, 0.25) is 0 Å². The van der Waals surface area contributed by atoms with Crippen LogP contribution in [-0.2, 0) is 4.74 Å². The number of hydrogen-bond acceptors (Lipinski definition) is 5. The molecule has 6 nitrogen and oxygen atoms in total. The fourth-order valence-electron chi connectivity index (χ4n) is 3.23. The zero-order valence-electron chi connectivity index (χ0n) is 16.4. The molecule has 1 fully saturated rings. The highest BCUT2D eigenvalue weighted by molar-refractivity contribution is 5.99. The minimum absolute atomic E-state index is 0.0341. The number of carbonyl (C=O) groups is 1. The second-order valence-corrected chi connectivity index (χ2v) is 6.92. The molecule has 27 heavy (non-hydrogen) atoms. The third-order valence-corrected chi connectivity index (χ3v) is 4.94. The van der Waals surface area contributed by atoms with Gasteiger partial charge < -0.3 is 19.9 Å². The standard InChI is InChI=1S/C21H28N4O2/c1-16-6-4-5-7-17(16)19-9-8-18(20(23-19)22-10-15-27-3)21(26)25-13-11-24(2)12-14-25/h4-9H,10-15H2,1-3H3,(H,22,23). The summed E-state index contributed by atoms with van der Waals surface area (Å²) >= 11 is 0. The van der Waals surface area contributed by atoms with Crippen LogP contribution in [0.25, 0.3) is 11.3 Å². The Labute approximate surface area is 161 Å². The molecule has 0 radical (unpaired) electrons. The highest BCUT2D eigenvalue weighted by Gasteiger charge is 2.23. The molecule has 1 aromatic carbocycles. The van der Waals surface area contributed by atoms with Crippen LogP contribution in [0.4, 0.5) is 5.82 Å². The van der Waals surface area contributed by atoms with E-state index in [0.717, 1.165) is 43.0 Å². The van der Waals surface area contributed by atoms with E-state index < -0.39 is 0 Å². The van der Waals surface area contributed by atoms with Crippen LogP contribution in [0.2, 0.25) is 0 Å². The fraction of sp³-hybridized carbons (Fsp3) is 0.429. The summed E-state index contributed by atoms with van der Waals surface area (Å²) in [4.78, 5) is 22.0. The summed E-state index contributed by atoms with van der Waals surface area (Å²) in [5, 5.41) is 3.28. The van der Waals surface area contributed by atoms with Gasteiger partial charge in [-0.2, -0.15) is 0 Å². The maximum absolute atomic E-state index is 13.1. The van der Waals surface area contributed by atoms with Crippen molar-refractivity contribution in [1.29, 1.82) is 0 Å². The second-order valence-electron chi connectivity index (χ2n) is 6.92. The van der Waals surface area contributed by atoms with E-state index in [1.807, 2.05) is 29.2 Å². The number of nitrogens with zero attached hydrogens (tertiary/aromatic N) is 3. The van der Waals surface area contributed by atoms with E-state index in [9.17, 15) is 4.79 Å². The number of ether oxygens (including phenoxy) is 1. The van der Waals surface area contributed by atoms with Crippen molar-refractivity contribution in [3.8, 4) is 11.3 Å². The molecule has 144 valence electrons. The molecule has 1 aromatic heterocycles.